The van der Waals surface area contributed by atoms with Gasteiger partial charge in [0.15, 0.2) is 17.3 Å². The molecule has 2 aromatic carbocycles. The molecule has 0 radical (unpaired) electrons. The quantitative estimate of drug-likeness (QED) is 0.303. The van der Waals surface area contributed by atoms with Crippen molar-refractivity contribution < 1.29 is 32.5 Å². The summed E-state index contributed by atoms with van der Waals surface area (Å²) in [6, 6.07) is 11.6. The van der Waals surface area contributed by atoms with Gasteiger partial charge in [0, 0.05) is 11.3 Å². The maximum atomic E-state index is 12.9. The molecule has 0 spiro atoms. The third-order valence-corrected chi connectivity index (χ3v) is 5.97. The molecule has 3 aromatic rings. The van der Waals surface area contributed by atoms with E-state index in [1.54, 1.807) is 36.9 Å². The van der Waals surface area contributed by atoms with Crippen LogP contribution in [0.2, 0.25) is 0 Å². The molecule has 1 aromatic heterocycles. The van der Waals surface area contributed by atoms with Crippen LogP contribution in [0.1, 0.15) is 12.5 Å². The van der Waals surface area contributed by atoms with Gasteiger partial charge in [-0.1, -0.05) is 17.8 Å². The maximum Gasteiger partial charge on any atom is 0.387 e. The predicted molar refractivity (Wildman–Crippen MR) is 130 cm³/mol. The van der Waals surface area contributed by atoms with Gasteiger partial charge in [-0.25, -0.2) is 4.79 Å². The van der Waals surface area contributed by atoms with Crippen molar-refractivity contribution in [1.29, 1.82) is 0 Å². The summed E-state index contributed by atoms with van der Waals surface area (Å²) in [7, 11) is 2.92. The number of fused-ring (bicyclic) bond motifs is 1. The number of halogens is 2. The van der Waals surface area contributed by atoms with Gasteiger partial charge in [0.25, 0.3) is 0 Å². The lowest BCUT2D eigenvalue weighted by Gasteiger charge is -2.16. The van der Waals surface area contributed by atoms with Crippen molar-refractivity contribution in [3.8, 4) is 28.6 Å². The van der Waals surface area contributed by atoms with Crippen molar-refractivity contribution in [2.75, 3.05) is 26.6 Å². The summed E-state index contributed by atoms with van der Waals surface area (Å²) in [5.74, 6) is 0.932. The van der Waals surface area contributed by atoms with Gasteiger partial charge in [0.2, 0.25) is 5.16 Å². The molecule has 1 aliphatic heterocycles. The fraction of sp³-hybridized carbons (Fsp3) is 0.250. The summed E-state index contributed by atoms with van der Waals surface area (Å²) < 4.78 is 47.1. The van der Waals surface area contributed by atoms with Crippen LogP contribution in [-0.4, -0.2) is 59.7 Å². The molecule has 0 N–H and O–H groups in total. The van der Waals surface area contributed by atoms with Gasteiger partial charge in [-0.3, -0.25) is 0 Å². The first-order valence-corrected chi connectivity index (χ1v) is 11.7. The van der Waals surface area contributed by atoms with Crippen LogP contribution < -0.4 is 14.2 Å². The minimum atomic E-state index is -3.00. The number of thioether (sulfide) groups is 1. The third-order valence-electron chi connectivity index (χ3n) is 5.04. The Hall–Kier alpha value is -3.93. The Bertz CT molecular complexity index is 1310. The lowest BCUT2D eigenvalue weighted by Crippen LogP contribution is -2.21. The molecular formula is C24H22F2N4O5S. The van der Waals surface area contributed by atoms with Gasteiger partial charge in [0.1, 0.15) is 5.75 Å². The highest BCUT2D eigenvalue weighted by Crippen LogP contribution is 2.32. The zero-order valence-corrected chi connectivity index (χ0v) is 20.4. The highest BCUT2D eigenvalue weighted by Gasteiger charge is 2.26. The number of methoxy groups -OCH3 is 2. The van der Waals surface area contributed by atoms with Crippen molar-refractivity contribution in [2.24, 2.45) is 5.10 Å². The van der Waals surface area contributed by atoms with Crippen molar-refractivity contribution in [1.82, 2.24) is 14.9 Å². The molecule has 0 fully saturated rings. The van der Waals surface area contributed by atoms with E-state index in [1.807, 2.05) is 12.1 Å². The van der Waals surface area contributed by atoms with E-state index in [2.05, 4.69) is 20.0 Å². The van der Waals surface area contributed by atoms with E-state index in [0.29, 0.717) is 33.8 Å². The Labute approximate surface area is 209 Å². The molecule has 36 heavy (non-hydrogen) atoms. The van der Waals surface area contributed by atoms with Crippen molar-refractivity contribution in [3.05, 3.63) is 53.6 Å². The van der Waals surface area contributed by atoms with Crippen LogP contribution in [0.4, 0.5) is 8.78 Å². The topological polar surface area (TPSA) is 97.1 Å². The fourth-order valence-corrected chi connectivity index (χ4v) is 4.21. The summed E-state index contributed by atoms with van der Waals surface area (Å²) in [5.41, 5.74) is 1.91. The molecule has 188 valence electrons. The number of carbonyl (C=O) groups is 1. The molecule has 0 amide bonds. The number of ether oxygens (including phenoxy) is 4. The number of benzene rings is 2. The van der Waals surface area contributed by atoms with Crippen molar-refractivity contribution in [2.45, 2.75) is 18.7 Å². The number of hydrogen-bond donors (Lipinski definition) is 0. The second-order valence-corrected chi connectivity index (χ2v) is 8.19. The van der Waals surface area contributed by atoms with Crippen molar-refractivity contribution >= 4 is 29.5 Å². The van der Waals surface area contributed by atoms with Crippen LogP contribution in [0.3, 0.4) is 0 Å². The van der Waals surface area contributed by atoms with E-state index in [9.17, 15) is 13.6 Å². The van der Waals surface area contributed by atoms with Crippen LogP contribution in [-0.2, 0) is 9.53 Å². The monoisotopic (exact) mass is 516 g/mol. The molecular weight excluding hydrogens is 494 g/mol. The fourth-order valence-electron chi connectivity index (χ4n) is 3.38. The SMILES string of the molecule is CCOC(=O)/C(=C\c1ccc(OC(F)F)c(OC)c1)C1=Nn2c(nnc2-c2ccc(OC)cc2)SC1. The Morgan fingerprint density at radius 1 is 1.11 bits per heavy atom. The van der Waals surface area contributed by atoms with Crippen LogP contribution >= 0.6 is 11.8 Å². The second-order valence-electron chi connectivity index (χ2n) is 7.25. The largest absolute Gasteiger partial charge is 0.497 e. The first-order chi connectivity index (χ1) is 17.4. The number of rotatable bonds is 9. The summed E-state index contributed by atoms with van der Waals surface area (Å²) in [6.45, 7) is -1.13. The normalized spacial score (nSPS) is 13.2. The average Bonchev–Trinajstić information content (AvgIpc) is 3.31. The first-order valence-electron chi connectivity index (χ1n) is 10.8. The second kappa shape index (κ2) is 11.2. The molecule has 0 saturated carbocycles. The number of esters is 1. The zero-order valence-electron chi connectivity index (χ0n) is 19.6. The Kier molecular flexibility index (Phi) is 7.84. The Morgan fingerprint density at radius 3 is 2.56 bits per heavy atom. The molecule has 9 nitrogen and oxygen atoms in total. The van der Waals surface area contributed by atoms with Gasteiger partial charge < -0.3 is 18.9 Å². The summed E-state index contributed by atoms with van der Waals surface area (Å²) in [6.07, 6.45) is 1.56. The van der Waals surface area contributed by atoms with E-state index in [0.717, 1.165) is 5.56 Å². The number of alkyl halides is 2. The number of aromatic nitrogens is 3. The van der Waals surface area contributed by atoms with Gasteiger partial charge >= 0.3 is 12.6 Å². The number of carbonyl (C=O) groups excluding carboxylic acids is 1. The Morgan fingerprint density at radius 2 is 1.89 bits per heavy atom. The molecule has 0 unspecified atom stereocenters. The molecule has 0 atom stereocenters. The molecule has 0 bridgehead atoms. The average molecular weight is 517 g/mol. The lowest BCUT2D eigenvalue weighted by molar-refractivity contribution is -0.137. The number of hydrogen-bond acceptors (Lipinski definition) is 9. The summed E-state index contributed by atoms with van der Waals surface area (Å²) in [5, 5.41) is 13.7. The lowest BCUT2D eigenvalue weighted by atomic mass is 10.1. The Balaban J connectivity index is 1.74. The predicted octanol–water partition coefficient (Wildman–Crippen LogP) is 4.52. The first kappa shape index (κ1) is 25.2. The molecule has 4 rings (SSSR count). The van der Waals surface area contributed by atoms with Crippen LogP contribution in [0.25, 0.3) is 17.5 Å². The van der Waals surface area contributed by atoms with Gasteiger partial charge in [-0.05, 0) is 55.0 Å². The van der Waals surface area contributed by atoms with Crippen LogP contribution in [0.15, 0.2) is 58.3 Å². The van der Waals surface area contributed by atoms with E-state index in [1.165, 1.54) is 37.1 Å². The van der Waals surface area contributed by atoms with E-state index < -0.39 is 12.6 Å². The molecule has 0 aliphatic carbocycles. The van der Waals surface area contributed by atoms with Crippen LogP contribution in [0, 0.1) is 0 Å². The smallest absolute Gasteiger partial charge is 0.387 e. The number of nitrogens with zero attached hydrogens (tertiary/aromatic N) is 4. The highest BCUT2D eigenvalue weighted by molar-refractivity contribution is 7.99. The molecule has 1 aliphatic rings. The third kappa shape index (κ3) is 5.48. The standard InChI is InChI=1S/C24H22F2N4O5S/c1-4-34-22(31)17(11-14-5-10-19(35-23(25)26)20(12-14)33-3)18-13-36-24-28-27-21(30(24)29-18)15-6-8-16(32-2)9-7-15/h5-12,23H,4,13H2,1-3H3/b17-11-. The van der Waals surface area contributed by atoms with E-state index >= 15 is 0 Å². The van der Waals surface area contributed by atoms with Crippen molar-refractivity contribution in [3.63, 3.8) is 0 Å². The van der Waals surface area contributed by atoms with Gasteiger partial charge in [-0.2, -0.15) is 18.6 Å². The van der Waals surface area contributed by atoms with E-state index in [4.69, 9.17) is 14.2 Å². The maximum absolute atomic E-state index is 12.9. The molecule has 0 saturated heterocycles. The summed E-state index contributed by atoms with van der Waals surface area (Å²) >= 11 is 1.37. The molecule has 12 heteroatoms. The minimum Gasteiger partial charge on any atom is -0.497 e. The van der Waals surface area contributed by atoms with Crippen LogP contribution in [0.5, 0.6) is 17.2 Å². The van der Waals surface area contributed by atoms with Gasteiger partial charge in [-0.15, -0.1) is 10.2 Å². The zero-order chi connectivity index (χ0) is 25.7. The highest BCUT2D eigenvalue weighted by atomic mass is 32.2. The van der Waals surface area contributed by atoms with E-state index in [-0.39, 0.29) is 23.7 Å². The molecule has 2 heterocycles. The summed E-state index contributed by atoms with van der Waals surface area (Å²) in [4.78, 5) is 12.9. The van der Waals surface area contributed by atoms with Gasteiger partial charge in [0.05, 0.1) is 32.1 Å². The minimum absolute atomic E-state index is 0.0927.